The molecule has 4 N–H and O–H groups in total. The number of carbonyl (C=O) groups excluding carboxylic acids is 5. The van der Waals surface area contributed by atoms with Crippen LogP contribution in [-0.2, 0) is 28.7 Å². The summed E-state index contributed by atoms with van der Waals surface area (Å²) in [5.41, 5.74) is 6.98. The van der Waals surface area contributed by atoms with Gasteiger partial charge in [-0.05, 0) is 71.4 Å². The maximum atomic E-state index is 14.2. The van der Waals surface area contributed by atoms with E-state index >= 15 is 0 Å². The van der Waals surface area contributed by atoms with Crippen molar-refractivity contribution in [2.24, 2.45) is 11.7 Å². The number of carbonyl (C=O) groups is 5. The molecule has 0 bridgehead atoms. The number of alkyl carbamates (subject to hydrolysis) is 1. The third kappa shape index (κ3) is 9.84. The lowest BCUT2D eigenvalue weighted by atomic mass is 9.95. The first-order valence-corrected chi connectivity index (χ1v) is 13.7. The number of nitrogens with two attached hydrogens (primary N) is 1. The van der Waals surface area contributed by atoms with E-state index in [1.807, 2.05) is 39.0 Å². The number of nitrogens with zero attached hydrogens (tertiary/aromatic N) is 1. The number of amides is 4. The average molecular weight is 561 g/mol. The zero-order valence-corrected chi connectivity index (χ0v) is 24.7. The Morgan fingerprint density at radius 1 is 1.12 bits per heavy atom. The lowest BCUT2D eigenvalue weighted by Crippen LogP contribution is -2.54. The first kappa shape index (κ1) is 32.6. The fraction of sp³-hybridized carbons (Fsp3) is 0.621. The summed E-state index contributed by atoms with van der Waals surface area (Å²) >= 11 is 0. The topological polar surface area (TPSA) is 157 Å². The van der Waals surface area contributed by atoms with E-state index in [0.717, 1.165) is 11.1 Å². The van der Waals surface area contributed by atoms with Crippen molar-refractivity contribution < 1.29 is 33.4 Å². The number of aryl methyl sites for hydroxylation is 2. The zero-order valence-electron chi connectivity index (χ0n) is 24.7. The third-order valence-corrected chi connectivity index (χ3v) is 6.53. The number of nitrogens with one attached hydrogen (secondary N) is 2. The van der Waals surface area contributed by atoms with Gasteiger partial charge in [0.15, 0.2) is 0 Å². The number of hydrogen-bond donors (Lipinski definition) is 3. The quantitative estimate of drug-likeness (QED) is 0.313. The molecule has 0 radical (unpaired) electrons. The largest absolute Gasteiger partial charge is 0.466 e. The molecule has 1 aromatic carbocycles. The minimum absolute atomic E-state index is 0.0195. The summed E-state index contributed by atoms with van der Waals surface area (Å²) in [5.74, 6) is -1.94. The van der Waals surface area contributed by atoms with E-state index in [0.29, 0.717) is 12.0 Å². The number of esters is 1. The molecule has 4 unspecified atom stereocenters. The molecule has 0 saturated heterocycles. The molecule has 4 atom stereocenters. The second kappa shape index (κ2) is 14.1. The van der Waals surface area contributed by atoms with Gasteiger partial charge in [0.25, 0.3) is 0 Å². The fourth-order valence-corrected chi connectivity index (χ4v) is 4.51. The second-order valence-corrected chi connectivity index (χ2v) is 11.3. The summed E-state index contributed by atoms with van der Waals surface area (Å²) in [5, 5.41) is 5.38. The molecule has 0 spiro atoms. The molecule has 1 aliphatic carbocycles. The average Bonchev–Trinajstić information content (AvgIpc) is 3.54. The van der Waals surface area contributed by atoms with Gasteiger partial charge in [0, 0.05) is 19.0 Å². The van der Waals surface area contributed by atoms with Crippen LogP contribution in [0.5, 0.6) is 0 Å². The summed E-state index contributed by atoms with van der Waals surface area (Å²) in [6, 6.07) is 3.14. The third-order valence-electron chi connectivity index (χ3n) is 6.53. The Labute approximate surface area is 236 Å². The highest BCUT2D eigenvalue weighted by Gasteiger charge is 2.48. The van der Waals surface area contributed by atoms with Gasteiger partial charge in [-0.1, -0.05) is 30.7 Å². The first-order valence-electron chi connectivity index (χ1n) is 13.7. The van der Waals surface area contributed by atoms with Gasteiger partial charge in [0.2, 0.25) is 17.7 Å². The molecule has 1 aliphatic rings. The minimum atomic E-state index is -1.16. The van der Waals surface area contributed by atoms with Crippen LogP contribution in [0.3, 0.4) is 0 Å². The van der Waals surface area contributed by atoms with Gasteiger partial charge in [0.05, 0.1) is 13.0 Å². The van der Waals surface area contributed by atoms with Crippen molar-refractivity contribution in [3.8, 4) is 0 Å². The Bertz CT molecular complexity index is 1100. The molecular weight excluding hydrogens is 516 g/mol. The smallest absolute Gasteiger partial charge is 0.408 e. The van der Waals surface area contributed by atoms with Gasteiger partial charge in [-0.15, -0.1) is 0 Å². The highest BCUT2D eigenvalue weighted by Crippen LogP contribution is 2.41. The van der Waals surface area contributed by atoms with Crippen LogP contribution in [0.1, 0.15) is 83.0 Å². The van der Waals surface area contributed by atoms with E-state index < -0.39 is 47.5 Å². The monoisotopic (exact) mass is 560 g/mol. The van der Waals surface area contributed by atoms with Gasteiger partial charge in [-0.3, -0.25) is 19.2 Å². The predicted octanol–water partition coefficient (Wildman–Crippen LogP) is 2.81. The van der Waals surface area contributed by atoms with Crippen LogP contribution in [0.25, 0.3) is 0 Å². The van der Waals surface area contributed by atoms with E-state index in [2.05, 4.69) is 10.6 Å². The molecular formula is C29H44N4O7. The zero-order chi connectivity index (χ0) is 30.2. The number of hydrogen-bond acceptors (Lipinski definition) is 7. The van der Waals surface area contributed by atoms with Crippen LogP contribution >= 0.6 is 0 Å². The molecule has 0 aromatic heterocycles. The van der Waals surface area contributed by atoms with E-state index in [4.69, 9.17) is 15.2 Å². The lowest BCUT2D eigenvalue weighted by Gasteiger charge is -2.35. The van der Waals surface area contributed by atoms with Crippen molar-refractivity contribution in [1.82, 2.24) is 15.5 Å². The van der Waals surface area contributed by atoms with E-state index in [-0.39, 0.29) is 44.4 Å². The Morgan fingerprint density at radius 2 is 1.77 bits per heavy atom. The minimum Gasteiger partial charge on any atom is -0.466 e. The standard InChI is InChI=1S/C29H44N4O7/c1-8-39-24(35)13-14-31-26(36)25(20-10-9-17(2)15-18(20)3)33(22-16-19(22)4)27(37)21(11-12-23(30)34)32-28(38)40-29(5,6)7/h9-10,15,19,21-22,25H,8,11-14,16H2,1-7H3,(H2,30,34)(H,31,36)(H,32,38). The molecule has 222 valence electrons. The normalized spacial score (nSPS) is 17.7. The van der Waals surface area contributed by atoms with Crippen LogP contribution in [0.15, 0.2) is 18.2 Å². The molecule has 0 heterocycles. The molecule has 11 nitrogen and oxygen atoms in total. The maximum absolute atomic E-state index is 14.2. The summed E-state index contributed by atoms with van der Waals surface area (Å²) < 4.78 is 10.3. The highest BCUT2D eigenvalue weighted by atomic mass is 16.6. The van der Waals surface area contributed by atoms with Crippen LogP contribution in [0.2, 0.25) is 0 Å². The summed E-state index contributed by atoms with van der Waals surface area (Å²) in [6.45, 7) is 12.8. The second-order valence-electron chi connectivity index (χ2n) is 11.3. The SMILES string of the molecule is CCOC(=O)CCNC(=O)C(c1ccc(C)cc1C)N(C(=O)C(CCC(N)=O)NC(=O)OC(C)(C)C)C1CC1C. The van der Waals surface area contributed by atoms with Gasteiger partial charge in [0.1, 0.15) is 17.7 Å². The Kier molecular flexibility index (Phi) is 11.5. The van der Waals surface area contributed by atoms with Gasteiger partial charge in [-0.2, -0.15) is 0 Å². The van der Waals surface area contributed by atoms with Crippen LogP contribution in [-0.4, -0.2) is 65.5 Å². The van der Waals surface area contributed by atoms with Crippen LogP contribution < -0.4 is 16.4 Å². The van der Waals surface area contributed by atoms with Crippen molar-refractivity contribution >= 4 is 29.8 Å². The number of primary amides is 1. The number of ether oxygens (including phenoxy) is 2. The molecule has 1 fully saturated rings. The summed E-state index contributed by atoms with van der Waals surface area (Å²) in [6.07, 6.45) is -0.386. The van der Waals surface area contributed by atoms with Crippen LogP contribution in [0, 0.1) is 19.8 Å². The Hall–Kier alpha value is -3.63. The maximum Gasteiger partial charge on any atom is 0.408 e. The molecule has 1 saturated carbocycles. The molecule has 2 rings (SSSR count). The van der Waals surface area contributed by atoms with E-state index in [1.54, 1.807) is 27.7 Å². The van der Waals surface area contributed by atoms with Gasteiger partial charge < -0.3 is 30.7 Å². The lowest BCUT2D eigenvalue weighted by molar-refractivity contribution is -0.145. The van der Waals surface area contributed by atoms with Crippen molar-refractivity contribution in [2.45, 2.75) is 97.9 Å². The van der Waals surface area contributed by atoms with Gasteiger partial charge in [-0.25, -0.2) is 4.79 Å². The van der Waals surface area contributed by atoms with Gasteiger partial charge >= 0.3 is 12.1 Å². The molecule has 0 aliphatic heterocycles. The Morgan fingerprint density at radius 3 is 2.30 bits per heavy atom. The fourth-order valence-electron chi connectivity index (χ4n) is 4.51. The van der Waals surface area contributed by atoms with E-state index in [1.165, 1.54) is 4.90 Å². The van der Waals surface area contributed by atoms with Crippen molar-refractivity contribution in [3.05, 3.63) is 34.9 Å². The highest BCUT2D eigenvalue weighted by molar-refractivity contribution is 5.93. The van der Waals surface area contributed by atoms with E-state index in [9.17, 15) is 24.0 Å². The number of benzene rings is 1. The summed E-state index contributed by atoms with van der Waals surface area (Å²) in [4.78, 5) is 65.6. The molecule has 4 amide bonds. The van der Waals surface area contributed by atoms with Crippen molar-refractivity contribution in [2.75, 3.05) is 13.2 Å². The predicted molar refractivity (Wildman–Crippen MR) is 149 cm³/mol. The summed E-state index contributed by atoms with van der Waals surface area (Å²) in [7, 11) is 0. The molecule has 11 heteroatoms. The molecule has 1 aromatic rings. The first-order chi connectivity index (χ1) is 18.6. The van der Waals surface area contributed by atoms with Crippen molar-refractivity contribution in [1.29, 1.82) is 0 Å². The van der Waals surface area contributed by atoms with Crippen molar-refractivity contribution in [3.63, 3.8) is 0 Å². The Balaban J connectivity index is 2.48. The number of rotatable bonds is 13. The molecule has 40 heavy (non-hydrogen) atoms. The van der Waals surface area contributed by atoms with Crippen LogP contribution in [0.4, 0.5) is 4.79 Å².